The average Bonchev–Trinajstić information content (AvgIpc) is 3.38. The number of carbonyl (C=O) groups is 2. The number of nitrogens with one attached hydrogen (secondary N) is 3. The van der Waals surface area contributed by atoms with E-state index in [0.29, 0.717) is 16.0 Å². The minimum Gasteiger partial charge on any atom is -0.360 e. The summed E-state index contributed by atoms with van der Waals surface area (Å²) < 4.78 is 1.88. The number of imide groups is 1. The molecule has 0 spiro atoms. The molecule has 0 bridgehead atoms. The summed E-state index contributed by atoms with van der Waals surface area (Å²) in [5, 5.41) is 15.0. The summed E-state index contributed by atoms with van der Waals surface area (Å²) in [6, 6.07) is 14.7. The molecule has 158 valence electrons. The van der Waals surface area contributed by atoms with E-state index in [2.05, 4.69) is 25.8 Å². The van der Waals surface area contributed by atoms with Gasteiger partial charge < -0.3 is 10.3 Å². The number of hydrogen-bond donors (Lipinski definition) is 3. The summed E-state index contributed by atoms with van der Waals surface area (Å²) in [7, 11) is 1.45. The van der Waals surface area contributed by atoms with Crippen LogP contribution in [0.3, 0.4) is 0 Å². The smallest absolute Gasteiger partial charge is 0.321 e. The van der Waals surface area contributed by atoms with Crippen molar-refractivity contribution in [2.45, 2.75) is 17.3 Å². The topological polar surface area (TPSA) is 105 Å². The van der Waals surface area contributed by atoms with E-state index in [0.717, 1.165) is 22.2 Å². The van der Waals surface area contributed by atoms with Crippen molar-refractivity contribution in [2.75, 3.05) is 7.05 Å². The number of H-pyrrole nitrogens is 1. The number of urea groups is 1. The van der Waals surface area contributed by atoms with Crippen molar-refractivity contribution in [3.05, 3.63) is 59.8 Å². The van der Waals surface area contributed by atoms with Crippen LogP contribution in [-0.4, -0.2) is 44.0 Å². The molecule has 0 radical (unpaired) electrons. The Morgan fingerprint density at radius 3 is 2.61 bits per heavy atom. The van der Waals surface area contributed by atoms with Crippen LogP contribution in [0.25, 0.3) is 28.0 Å². The number of fused-ring (bicyclic) bond motifs is 1. The lowest BCUT2D eigenvalue weighted by atomic mass is 10.1. The van der Waals surface area contributed by atoms with Crippen LogP contribution in [0.1, 0.15) is 6.92 Å². The third-order valence-electron chi connectivity index (χ3n) is 4.66. The van der Waals surface area contributed by atoms with Gasteiger partial charge in [-0.2, -0.15) is 0 Å². The average molecular weight is 455 g/mol. The number of benzene rings is 2. The zero-order chi connectivity index (χ0) is 22.0. The van der Waals surface area contributed by atoms with Crippen LogP contribution < -0.4 is 10.6 Å². The number of rotatable bonds is 5. The Morgan fingerprint density at radius 1 is 1.13 bits per heavy atom. The predicted molar refractivity (Wildman–Crippen MR) is 122 cm³/mol. The molecule has 0 aliphatic rings. The van der Waals surface area contributed by atoms with Gasteiger partial charge in [0.05, 0.1) is 5.25 Å². The number of thioether (sulfide) groups is 1. The minimum atomic E-state index is -0.580. The van der Waals surface area contributed by atoms with Gasteiger partial charge >= 0.3 is 6.03 Å². The van der Waals surface area contributed by atoms with E-state index in [4.69, 9.17) is 11.6 Å². The molecule has 2 heterocycles. The predicted octanol–water partition coefficient (Wildman–Crippen LogP) is 4.01. The molecule has 0 saturated heterocycles. The van der Waals surface area contributed by atoms with Crippen molar-refractivity contribution in [2.24, 2.45) is 0 Å². The number of nitrogens with zero attached hydrogens (tertiary/aromatic N) is 3. The lowest BCUT2D eigenvalue weighted by molar-refractivity contribution is -0.119. The van der Waals surface area contributed by atoms with Crippen LogP contribution >= 0.6 is 23.4 Å². The number of aromatic amines is 1. The molecular formula is C21H19ClN6O2S. The number of hydrogen-bond acceptors (Lipinski definition) is 5. The second-order valence-corrected chi connectivity index (χ2v) is 8.44. The summed E-state index contributed by atoms with van der Waals surface area (Å²) >= 11 is 7.28. The highest BCUT2D eigenvalue weighted by Crippen LogP contribution is 2.33. The van der Waals surface area contributed by atoms with Crippen molar-refractivity contribution >= 4 is 46.2 Å². The van der Waals surface area contributed by atoms with Gasteiger partial charge in [0.15, 0.2) is 11.0 Å². The second kappa shape index (κ2) is 8.83. The molecule has 0 aliphatic carbocycles. The SMILES string of the molecule is CNC(=O)NC(=O)[C@H](C)Sc1nnc(-c2c[nH]c3ccccc23)n1-c1ccc(Cl)cc1. The van der Waals surface area contributed by atoms with E-state index in [1.54, 1.807) is 19.1 Å². The molecule has 4 rings (SSSR count). The molecule has 8 nitrogen and oxygen atoms in total. The first kappa shape index (κ1) is 21.0. The molecule has 0 saturated carbocycles. The molecule has 4 aromatic rings. The molecule has 2 aromatic heterocycles. The fraction of sp³-hybridized carbons (Fsp3) is 0.143. The Kier molecular flexibility index (Phi) is 5.97. The molecule has 3 N–H and O–H groups in total. The Labute approximate surface area is 187 Å². The Bertz CT molecular complexity index is 1250. The van der Waals surface area contributed by atoms with Crippen LogP contribution in [0.2, 0.25) is 5.02 Å². The molecule has 0 aliphatic heterocycles. The number of aromatic nitrogens is 4. The van der Waals surface area contributed by atoms with Crippen molar-refractivity contribution in [3.8, 4) is 17.1 Å². The van der Waals surface area contributed by atoms with Crippen molar-refractivity contribution in [1.29, 1.82) is 0 Å². The van der Waals surface area contributed by atoms with Crippen LogP contribution in [-0.2, 0) is 4.79 Å². The van der Waals surface area contributed by atoms with Gasteiger partial charge in [0.2, 0.25) is 5.91 Å². The number of para-hydroxylation sites is 1. The zero-order valence-corrected chi connectivity index (χ0v) is 18.3. The summed E-state index contributed by atoms with van der Waals surface area (Å²) in [6.45, 7) is 1.70. The molecular weight excluding hydrogens is 436 g/mol. The van der Waals surface area contributed by atoms with Gasteiger partial charge in [-0.25, -0.2) is 4.79 Å². The third kappa shape index (κ3) is 4.28. The van der Waals surface area contributed by atoms with E-state index < -0.39 is 17.2 Å². The molecule has 3 amide bonds. The van der Waals surface area contributed by atoms with Crippen molar-refractivity contribution in [3.63, 3.8) is 0 Å². The van der Waals surface area contributed by atoms with Gasteiger partial charge in [-0.15, -0.1) is 10.2 Å². The fourth-order valence-corrected chi connectivity index (χ4v) is 4.08. The van der Waals surface area contributed by atoms with Crippen LogP contribution in [0.15, 0.2) is 59.9 Å². The highest BCUT2D eigenvalue weighted by Gasteiger charge is 2.24. The maximum absolute atomic E-state index is 12.3. The summed E-state index contributed by atoms with van der Waals surface area (Å²) in [5.41, 5.74) is 2.67. The van der Waals surface area contributed by atoms with Gasteiger partial charge in [-0.3, -0.25) is 14.7 Å². The number of carbonyl (C=O) groups excluding carboxylic acids is 2. The van der Waals surface area contributed by atoms with Crippen LogP contribution in [0.4, 0.5) is 4.79 Å². The van der Waals surface area contributed by atoms with Crippen LogP contribution in [0.5, 0.6) is 0 Å². The van der Waals surface area contributed by atoms with Gasteiger partial charge in [0.1, 0.15) is 0 Å². The Hall–Kier alpha value is -3.30. The quantitative estimate of drug-likeness (QED) is 0.395. The maximum Gasteiger partial charge on any atom is 0.321 e. The second-order valence-electron chi connectivity index (χ2n) is 6.69. The number of amides is 3. The van der Waals surface area contributed by atoms with Gasteiger partial charge in [-0.05, 0) is 37.3 Å². The largest absolute Gasteiger partial charge is 0.360 e. The van der Waals surface area contributed by atoms with Crippen molar-refractivity contribution < 1.29 is 9.59 Å². The highest BCUT2D eigenvalue weighted by molar-refractivity contribution is 8.00. The highest BCUT2D eigenvalue weighted by atomic mass is 35.5. The monoisotopic (exact) mass is 454 g/mol. The van der Waals surface area contributed by atoms with Gasteiger partial charge in [0, 0.05) is 40.4 Å². The molecule has 1 atom stereocenters. The van der Waals surface area contributed by atoms with E-state index in [1.807, 2.05) is 47.2 Å². The molecule has 0 unspecified atom stereocenters. The maximum atomic E-state index is 12.3. The normalized spacial score (nSPS) is 12.0. The fourth-order valence-electron chi connectivity index (χ4n) is 3.09. The first-order chi connectivity index (χ1) is 15.0. The molecule has 10 heteroatoms. The summed E-state index contributed by atoms with van der Waals surface area (Å²) in [5.74, 6) is 0.199. The third-order valence-corrected chi connectivity index (χ3v) is 5.96. The lowest BCUT2D eigenvalue weighted by Crippen LogP contribution is -2.41. The standard InChI is InChI=1S/C21H19ClN6O2S/c1-12(19(29)25-20(30)23-2)31-21-27-26-18(28(21)14-9-7-13(22)8-10-14)16-11-24-17-6-4-3-5-15(16)17/h3-12,24H,1-2H3,(H2,23,25,29,30)/t12-/m0/s1. The zero-order valence-electron chi connectivity index (χ0n) is 16.7. The Balaban J connectivity index is 1.77. The van der Waals surface area contributed by atoms with E-state index in [1.165, 1.54) is 18.8 Å². The first-order valence-electron chi connectivity index (χ1n) is 9.45. The Morgan fingerprint density at radius 2 is 1.87 bits per heavy atom. The molecule has 31 heavy (non-hydrogen) atoms. The molecule has 2 aromatic carbocycles. The van der Waals surface area contributed by atoms with Crippen LogP contribution in [0, 0.1) is 0 Å². The van der Waals surface area contributed by atoms with Crippen molar-refractivity contribution in [1.82, 2.24) is 30.4 Å². The summed E-state index contributed by atoms with van der Waals surface area (Å²) in [4.78, 5) is 27.1. The molecule has 0 fully saturated rings. The van der Waals surface area contributed by atoms with E-state index >= 15 is 0 Å². The van der Waals surface area contributed by atoms with Gasteiger partial charge in [0.25, 0.3) is 0 Å². The van der Waals surface area contributed by atoms with E-state index in [-0.39, 0.29) is 0 Å². The minimum absolute atomic E-state index is 0.427. The van der Waals surface area contributed by atoms with E-state index in [9.17, 15) is 9.59 Å². The first-order valence-corrected chi connectivity index (χ1v) is 10.7. The summed E-state index contributed by atoms with van der Waals surface area (Å²) in [6.07, 6.45) is 1.89. The van der Waals surface area contributed by atoms with Gasteiger partial charge in [-0.1, -0.05) is 41.6 Å². The number of halogens is 1. The lowest BCUT2D eigenvalue weighted by Gasteiger charge is -2.13.